The van der Waals surface area contributed by atoms with E-state index in [1.165, 1.54) is 37.7 Å². The van der Waals surface area contributed by atoms with Gasteiger partial charge in [0.05, 0.1) is 26.7 Å². The standard InChI is InChI=1S/C21H22F7NO5/c1-4-34-17(30)16(14-10-13(32-2)7-8-15(14)33-3)11-5-6-12(9-11)29-18(31)19(22,23)20(24,25)21(26,27)28/h5-8,10-12,16H,4,9H2,1-3H3,(H,29,31). The summed E-state index contributed by atoms with van der Waals surface area (Å²) in [5.41, 5.74) is 0.302. The normalized spacial score (nSPS) is 19.5. The van der Waals surface area contributed by atoms with Crippen molar-refractivity contribution in [1.29, 1.82) is 0 Å². The monoisotopic (exact) mass is 501 g/mol. The van der Waals surface area contributed by atoms with E-state index in [9.17, 15) is 40.3 Å². The molecule has 1 N–H and O–H groups in total. The zero-order chi connectivity index (χ0) is 25.9. The van der Waals surface area contributed by atoms with Gasteiger partial charge in [-0.25, -0.2) is 0 Å². The summed E-state index contributed by atoms with van der Waals surface area (Å²) in [6.45, 7) is 1.55. The van der Waals surface area contributed by atoms with Crippen LogP contribution in [0.25, 0.3) is 0 Å². The van der Waals surface area contributed by atoms with Crippen LogP contribution in [0.3, 0.4) is 0 Å². The number of benzene rings is 1. The molecule has 13 heteroatoms. The lowest BCUT2D eigenvalue weighted by molar-refractivity contribution is -0.344. The van der Waals surface area contributed by atoms with Crippen LogP contribution in [-0.4, -0.2) is 56.8 Å². The molecule has 34 heavy (non-hydrogen) atoms. The Kier molecular flexibility index (Phi) is 8.10. The van der Waals surface area contributed by atoms with Gasteiger partial charge in [-0.2, -0.15) is 30.7 Å². The predicted octanol–water partition coefficient (Wildman–Crippen LogP) is 4.24. The third-order valence-electron chi connectivity index (χ3n) is 5.21. The highest BCUT2D eigenvalue weighted by molar-refractivity contribution is 5.85. The predicted molar refractivity (Wildman–Crippen MR) is 104 cm³/mol. The van der Waals surface area contributed by atoms with E-state index >= 15 is 0 Å². The third kappa shape index (κ3) is 5.22. The van der Waals surface area contributed by atoms with Crippen LogP contribution < -0.4 is 14.8 Å². The lowest BCUT2D eigenvalue weighted by Gasteiger charge is -2.28. The molecule has 3 atom stereocenters. The molecule has 0 aromatic heterocycles. The van der Waals surface area contributed by atoms with E-state index in [2.05, 4.69) is 0 Å². The summed E-state index contributed by atoms with van der Waals surface area (Å²) in [5, 5.41) is 1.49. The van der Waals surface area contributed by atoms with Crippen LogP contribution in [0.2, 0.25) is 0 Å². The number of carbonyl (C=O) groups excluding carboxylic acids is 2. The average Bonchev–Trinajstić information content (AvgIpc) is 3.20. The van der Waals surface area contributed by atoms with Crippen LogP contribution >= 0.6 is 0 Å². The van der Waals surface area contributed by atoms with E-state index < -0.39 is 47.8 Å². The molecule has 1 aliphatic rings. The lowest BCUT2D eigenvalue weighted by Crippen LogP contribution is -2.60. The second kappa shape index (κ2) is 10.1. The zero-order valence-electron chi connectivity index (χ0n) is 18.2. The van der Waals surface area contributed by atoms with Gasteiger partial charge in [0.25, 0.3) is 5.91 Å². The van der Waals surface area contributed by atoms with Gasteiger partial charge >= 0.3 is 24.0 Å². The molecule has 0 radical (unpaired) electrons. The summed E-state index contributed by atoms with van der Waals surface area (Å²) in [7, 11) is 2.72. The van der Waals surface area contributed by atoms with Crippen molar-refractivity contribution in [3.8, 4) is 11.5 Å². The maximum Gasteiger partial charge on any atom is 0.460 e. The molecule has 2 rings (SSSR count). The van der Waals surface area contributed by atoms with Gasteiger partial charge in [-0.15, -0.1) is 0 Å². The molecule has 0 saturated heterocycles. The van der Waals surface area contributed by atoms with E-state index in [1.54, 1.807) is 13.0 Å². The number of nitrogens with one attached hydrogen (secondary N) is 1. The second-order valence-corrected chi connectivity index (χ2v) is 7.35. The number of amides is 1. The Balaban J connectivity index is 2.29. The summed E-state index contributed by atoms with van der Waals surface area (Å²) in [6.07, 6.45) is -4.42. The van der Waals surface area contributed by atoms with Crippen molar-refractivity contribution in [2.75, 3.05) is 20.8 Å². The van der Waals surface area contributed by atoms with Crippen LogP contribution in [0.5, 0.6) is 11.5 Å². The molecule has 0 heterocycles. The number of hydrogen-bond donors (Lipinski definition) is 1. The molecular formula is C21H22F7NO5. The van der Waals surface area contributed by atoms with E-state index in [0.29, 0.717) is 11.3 Å². The Labute approximate surface area is 190 Å². The Hall–Kier alpha value is -2.99. The maximum atomic E-state index is 13.7. The Bertz CT molecular complexity index is 933. The molecule has 3 unspecified atom stereocenters. The molecule has 0 bridgehead atoms. The fourth-order valence-electron chi connectivity index (χ4n) is 3.51. The van der Waals surface area contributed by atoms with E-state index in [1.807, 2.05) is 0 Å². The maximum absolute atomic E-state index is 13.7. The highest BCUT2D eigenvalue weighted by atomic mass is 19.4. The van der Waals surface area contributed by atoms with Crippen LogP contribution in [0, 0.1) is 5.92 Å². The Morgan fingerprint density at radius 3 is 2.24 bits per heavy atom. The first-order chi connectivity index (χ1) is 15.7. The summed E-state index contributed by atoms with van der Waals surface area (Å²) in [4.78, 5) is 24.4. The molecule has 0 spiro atoms. The molecular weight excluding hydrogens is 479 g/mol. The highest BCUT2D eigenvalue weighted by Gasteiger charge is 2.76. The van der Waals surface area contributed by atoms with Crippen molar-refractivity contribution in [2.24, 2.45) is 5.92 Å². The number of esters is 1. The molecule has 1 aliphatic carbocycles. The zero-order valence-corrected chi connectivity index (χ0v) is 18.2. The van der Waals surface area contributed by atoms with Gasteiger partial charge in [0.1, 0.15) is 11.5 Å². The lowest BCUT2D eigenvalue weighted by atomic mass is 9.84. The van der Waals surface area contributed by atoms with Gasteiger partial charge in [-0.1, -0.05) is 12.2 Å². The first-order valence-electron chi connectivity index (χ1n) is 9.91. The number of hydrogen-bond acceptors (Lipinski definition) is 5. The minimum atomic E-state index is -6.64. The van der Waals surface area contributed by atoms with Gasteiger partial charge in [0.15, 0.2) is 0 Å². The number of ether oxygens (including phenoxy) is 3. The van der Waals surface area contributed by atoms with E-state index in [4.69, 9.17) is 14.2 Å². The van der Waals surface area contributed by atoms with Crippen molar-refractivity contribution in [1.82, 2.24) is 5.32 Å². The fraction of sp³-hybridized carbons (Fsp3) is 0.524. The van der Waals surface area contributed by atoms with Crippen LogP contribution in [-0.2, 0) is 14.3 Å². The topological polar surface area (TPSA) is 73.9 Å². The minimum Gasteiger partial charge on any atom is -0.497 e. The molecule has 0 fully saturated rings. The van der Waals surface area contributed by atoms with Gasteiger partial charge < -0.3 is 19.5 Å². The molecule has 1 aromatic carbocycles. The largest absolute Gasteiger partial charge is 0.497 e. The molecule has 1 aromatic rings. The summed E-state index contributed by atoms with van der Waals surface area (Å²) in [5.74, 6) is -17.4. The van der Waals surface area contributed by atoms with Gasteiger partial charge in [-0.3, -0.25) is 9.59 Å². The molecule has 0 aliphatic heterocycles. The Morgan fingerprint density at radius 1 is 1.06 bits per heavy atom. The summed E-state index contributed by atoms with van der Waals surface area (Å²) >= 11 is 0. The quantitative estimate of drug-likeness (QED) is 0.311. The first-order valence-corrected chi connectivity index (χ1v) is 9.91. The number of carbonyl (C=O) groups is 2. The average molecular weight is 501 g/mol. The second-order valence-electron chi connectivity index (χ2n) is 7.35. The number of allylic oxidation sites excluding steroid dienone is 1. The highest BCUT2D eigenvalue weighted by Crippen LogP contribution is 2.47. The number of halogens is 7. The summed E-state index contributed by atoms with van der Waals surface area (Å²) in [6, 6.07) is 3.21. The molecule has 1 amide bonds. The molecule has 0 saturated carbocycles. The van der Waals surface area contributed by atoms with Crippen molar-refractivity contribution >= 4 is 11.9 Å². The van der Waals surface area contributed by atoms with E-state index in [0.717, 1.165) is 6.08 Å². The fourth-order valence-corrected chi connectivity index (χ4v) is 3.51. The third-order valence-corrected chi connectivity index (χ3v) is 5.21. The van der Waals surface area contributed by atoms with Crippen molar-refractivity contribution in [3.05, 3.63) is 35.9 Å². The van der Waals surface area contributed by atoms with Crippen LogP contribution in [0.1, 0.15) is 24.8 Å². The van der Waals surface area contributed by atoms with Crippen LogP contribution in [0.4, 0.5) is 30.7 Å². The van der Waals surface area contributed by atoms with Gasteiger partial charge in [-0.05, 0) is 37.5 Å². The van der Waals surface area contributed by atoms with Crippen molar-refractivity contribution in [3.63, 3.8) is 0 Å². The Morgan fingerprint density at radius 2 is 1.71 bits per heavy atom. The van der Waals surface area contributed by atoms with Gasteiger partial charge in [0, 0.05) is 11.6 Å². The van der Waals surface area contributed by atoms with Gasteiger partial charge in [0.2, 0.25) is 0 Å². The summed E-state index contributed by atoms with van der Waals surface area (Å²) < 4.78 is 106. The number of alkyl halides is 7. The number of rotatable bonds is 9. The van der Waals surface area contributed by atoms with Crippen molar-refractivity contribution < 1.29 is 54.5 Å². The van der Waals surface area contributed by atoms with Crippen molar-refractivity contribution in [2.45, 2.75) is 43.3 Å². The minimum absolute atomic E-state index is 0.00301. The van der Waals surface area contributed by atoms with E-state index in [-0.39, 0.29) is 18.8 Å². The first kappa shape index (κ1) is 27.3. The molecule has 6 nitrogen and oxygen atoms in total. The number of methoxy groups -OCH3 is 2. The molecule has 190 valence electrons. The van der Waals surface area contributed by atoms with Crippen LogP contribution in [0.15, 0.2) is 30.4 Å². The smallest absolute Gasteiger partial charge is 0.460 e. The SMILES string of the molecule is CCOC(=O)C(c1cc(OC)ccc1OC)C1C=CC(NC(=O)C(F)(F)C(F)(F)C(F)(F)F)C1.